The number of hydrogen-bond donors (Lipinski definition) is 2. The third-order valence-electron chi connectivity index (χ3n) is 5.83. The fourth-order valence-electron chi connectivity index (χ4n) is 4.12. The second-order valence-corrected chi connectivity index (χ2v) is 7.78. The third-order valence-corrected chi connectivity index (χ3v) is 5.83. The molecule has 0 saturated carbocycles. The van der Waals surface area contributed by atoms with Crippen LogP contribution in [-0.4, -0.2) is 86.2 Å². The van der Waals surface area contributed by atoms with Crippen molar-refractivity contribution >= 4 is 11.8 Å². The summed E-state index contributed by atoms with van der Waals surface area (Å²) in [6.07, 6.45) is 4.47. The van der Waals surface area contributed by atoms with Gasteiger partial charge in [0.2, 0.25) is 0 Å². The van der Waals surface area contributed by atoms with Gasteiger partial charge in [-0.3, -0.25) is 4.90 Å². The molecule has 0 bridgehead atoms. The molecule has 0 aromatic carbocycles. The van der Waals surface area contributed by atoms with Gasteiger partial charge < -0.3 is 20.4 Å². The first-order valence-corrected chi connectivity index (χ1v) is 10.8. The summed E-state index contributed by atoms with van der Waals surface area (Å²) in [5.41, 5.74) is 1.19. The predicted octanol–water partition coefficient (Wildman–Crippen LogP) is 1.37. The molecule has 1 unspecified atom stereocenters. The number of aromatic nitrogens is 1. The summed E-state index contributed by atoms with van der Waals surface area (Å²) in [5, 5.41) is 6.95. The lowest BCUT2D eigenvalue weighted by atomic mass is 10.2. The van der Waals surface area contributed by atoms with Crippen LogP contribution in [0.25, 0.3) is 0 Å². The lowest BCUT2D eigenvalue weighted by Gasteiger charge is -2.34. The van der Waals surface area contributed by atoms with Crippen LogP contribution in [0.2, 0.25) is 0 Å². The molecule has 0 radical (unpaired) electrons. The zero-order valence-corrected chi connectivity index (χ0v) is 17.8. The smallest absolute Gasteiger partial charge is 0.191 e. The Morgan fingerprint density at radius 3 is 2.75 bits per heavy atom. The molecule has 0 amide bonds. The fourth-order valence-corrected chi connectivity index (χ4v) is 4.12. The van der Waals surface area contributed by atoms with E-state index in [9.17, 15) is 0 Å². The van der Waals surface area contributed by atoms with Crippen LogP contribution in [0.15, 0.2) is 23.3 Å². The molecular formula is C21H37N7. The Hall–Kier alpha value is -1.86. The molecule has 2 aliphatic rings. The Labute approximate surface area is 170 Å². The van der Waals surface area contributed by atoms with Gasteiger partial charge in [0, 0.05) is 57.1 Å². The predicted molar refractivity (Wildman–Crippen MR) is 117 cm³/mol. The van der Waals surface area contributed by atoms with Crippen LogP contribution < -0.4 is 15.5 Å². The minimum absolute atomic E-state index is 0.619. The molecule has 0 spiro atoms. The van der Waals surface area contributed by atoms with E-state index < -0.39 is 0 Å². The van der Waals surface area contributed by atoms with Gasteiger partial charge in [0.1, 0.15) is 5.82 Å². The molecule has 2 fully saturated rings. The molecule has 7 nitrogen and oxygen atoms in total. The van der Waals surface area contributed by atoms with E-state index >= 15 is 0 Å². The first-order valence-electron chi connectivity index (χ1n) is 10.8. The van der Waals surface area contributed by atoms with Crippen LogP contribution in [0.3, 0.4) is 0 Å². The Kier molecular flexibility index (Phi) is 7.91. The Morgan fingerprint density at radius 1 is 1.18 bits per heavy atom. The number of aliphatic imine (C=N–C) groups is 1. The van der Waals surface area contributed by atoms with E-state index in [1.807, 2.05) is 12.3 Å². The lowest BCUT2D eigenvalue weighted by Crippen LogP contribution is -2.45. The summed E-state index contributed by atoms with van der Waals surface area (Å²) in [6, 6.07) is 4.79. The van der Waals surface area contributed by atoms with Crippen molar-refractivity contribution in [2.45, 2.75) is 39.3 Å². The largest absolute Gasteiger partial charge is 0.357 e. The molecule has 7 heteroatoms. The van der Waals surface area contributed by atoms with Gasteiger partial charge in [-0.05, 0) is 46.0 Å². The van der Waals surface area contributed by atoms with Crippen LogP contribution >= 0.6 is 0 Å². The summed E-state index contributed by atoms with van der Waals surface area (Å²) >= 11 is 0. The molecule has 28 heavy (non-hydrogen) atoms. The number of rotatable bonds is 7. The van der Waals surface area contributed by atoms with Crippen LogP contribution in [0.5, 0.6) is 0 Å². The zero-order valence-electron chi connectivity index (χ0n) is 17.8. The van der Waals surface area contributed by atoms with E-state index in [1.165, 1.54) is 24.9 Å². The van der Waals surface area contributed by atoms with Crippen molar-refractivity contribution in [3.63, 3.8) is 0 Å². The summed E-state index contributed by atoms with van der Waals surface area (Å²) in [4.78, 5) is 16.9. The molecule has 156 valence electrons. The van der Waals surface area contributed by atoms with Crippen LogP contribution in [0.1, 0.15) is 32.3 Å². The standard InChI is InChI=1S/C21H37N7/c1-4-22-21(25-17-19-9-7-11-27(19)5-2)24-16-18-8-6-10-23-20(18)28-14-12-26(3)13-15-28/h6,8,10,19H,4-5,7,9,11-17H2,1-3H3,(H2,22,24,25). The molecule has 3 rings (SSSR count). The van der Waals surface area contributed by atoms with Gasteiger partial charge in [-0.15, -0.1) is 0 Å². The second kappa shape index (κ2) is 10.6. The third kappa shape index (κ3) is 5.58. The van der Waals surface area contributed by atoms with Crippen LogP contribution in [-0.2, 0) is 6.54 Å². The van der Waals surface area contributed by atoms with Crippen molar-refractivity contribution in [1.82, 2.24) is 25.4 Å². The van der Waals surface area contributed by atoms with Crippen LogP contribution in [0.4, 0.5) is 5.82 Å². The van der Waals surface area contributed by atoms with Gasteiger partial charge in [-0.2, -0.15) is 0 Å². The number of pyridine rings is 1. The lowest BCUT2D eigenvalue weighted by molar-refractivity contribution is 0.267. The molecule has 2 saturated heterocycles. The first kappa shape index (κ1) is 20.9. The van der Waals surface area contributed by atoms with Gasteiger partial charge in [-0.25, -0.2) is 9.98 Å². The Balaban J connectivity index is 1.62. The van der Waals surface area contributed by atoms with E-state index in [0.717, 1.165) is 57.6 Å². The highest BCUT2D eigenvalue weighted by atomic mass is 15.3. The maximum Gasteiger partial charge on any atom is 0.191 e. The van der Waals surface area contributed by atoms with Gasteiger partial charge in [0.15, 0.2) is 5.96 Å². The Morgan fingerprint density at radius 2 is 2.00 bits per heavy atom. The first-order chi connectivity index (χ1) is 13.7. The van der Waals surface area contributed by atoms with Crippen molar-refractivity contribution in [3.8, 4) is 0 Å². The minimum atomic E-state index is 0.619. The number of hydrogen-bond acceptors (Lipinski definition) is 5. The van der Waals surface area contributed by atoms with E-state index in [4.69, 9.17) is 4.99 Å². The zero-order chi connectivity index (χ0) is 19.8. The maximum atomic E-state index is 4.86. The molecular weight excluding hydrogens is 350 g/mol. The molecule has 1 aromatic heterocycles. The number of likely N-dealkylation sites (N-methyl/N-ethyl adjacent to an activating group) is 2. The number of piperazine rings is 1. The summed E-state index contributed by atoms with van der Waals surface area (Å²) < 4.78 is 0. The van der Waals surface area contributed by atoms with E-state index in [-0.39, 0.29) is 0 Å². The molecule has 0 aliphatic carbocycles. The average molecular weight is 388 g/mol. The highest BCUT2D eigenvalue weighted by Gasteiger charge is 2.23. The maximum absolute atomic E-state index is 4.86. The van der Waals surface area contributed by atoms with Crippen LogP contribution in [0, 0.1) is 0 Å². The Bertz CT molecular complexity index is 625. The molecule has 3 heterocycles. The number of guanidine groups is 1. The van der Waals surface area contributed by atoms with E-state index in [1.54, 1.807) is 0 Å². The average Bonchev–Trinajstić information content (AvgIpc) is 3.18. The number of nitrogens with zero attached hydrogens (tertiary/aromatic N) is 5. The summed E-state index contributed by atoms with van der Waals surface area (Å²) in [7, 11) is 2.18. The SMILES string of the molecule is CCNC(=NCc1cccnc1N1CCN(C)CC1)NCC1CCCN1CC. The van der Waals surface area contributed by atoms with E-state index in [2.05, 4.69) is 57.3 Å². The molecule has 1 atom stereocenters. The van der Waals surface area contributed by atoms with Gasteiger partial charge in [0.25, 0.3) is 0 Å². The fraction of sp³-hybridized carbons (Fsp3) is 0.714. The van der Waals surface area contributed by atoms with Gasteiger partial charge in [0.05, 0.1) is 6.54 Å². The summed E-state index contributed by atoms with van der Waals surface area (Å²) in [5.74, 6) is 1.99. The minimum Gasteiger partial charge on any atom is -0.357 e. The van der Waals surface area contributed by atoms with Crippen molar-refractivity contribution in [1.29, 1.82) is 0 Å². The van der Waals surface area contributed by atoms with Crippen molar-refractivity contribution in [2.24, 2.45) is 4.99 Å². The topological polar surface area (TPSA) is 59.0 Å². The monoisotopic (exact) mass is 387 g/mol. The normalized spacial score (nSPS) is 21.9. The van der Waals surface area contributed by atoms with Crippen molar-refractivity contribution in [2.75, 3.05) is 64.3 Å². The van der Waals surface area contributed by atoms with Gasteiger partial charge >= 0.3 is 0 Å². The van der Waals surface area contributed by atoms with Crippen molar-refractivity contribution in [3.05, 3.63) is 23.9 Å². The molecule has 1 aromatic rings. The molecule has 2 N–H and O–H groups in total. The number of likely N-dealkylation sites (tertiary alicyclic amines) is 1. The van der Waals surface area contributed by atoms with Crippen molar-refractivity contribution < 1.29 is 0 Å². The summed E-state index contributed by atoms with van der Waals surface area (Å²) in [6.45, 7) is 13.4. The van der Waals surface area contributed by atoms with Gasteiger partial charge in [-0.1, -0.05) is 13.0 Å². The molecule has 2 aliphatic heterocycles. The highest BCUT2D eigenvalue weighted by Crippen LogP contribution is 2.19. The number of nitrogens with one attached hydrogen (secondary N) is 2. The second-order valence-electron chi connectivity index (χ2n) is 7.78. The highest BCUT2D eigenvalue weighted by molar-refractivity contribution is 5.79. The van der Waals surface area contributed by atoms with E-state index in [0.29, 0.717) is 12.6 Å². The quantitative estimate of drug-likeness (QED) is 0.544. The number of anilines is 1.